The normalized spacial score (nSPS) is 12.1. The van der Waals surface area contributed by atoms with Gasteiger partial charge in [-0.05, 0) is 54.5 Å². The van der Waals surface area contributed by atoms with E-state index in [4.69, 9.17) is 4.74 Å². The number of hydrogen-bond acceptors (Lipinski definition) is 5. The summed E-state index contributed by atoms with van der Waals surface area (Å²) in [6, 6.07) is 25.6. The van der Waals surface area contributed by atoms with E-state index in [1.807, 2.05) is 49.4 Å². The molecule has 0 aliphatic heterocycles. The Kier molecular flexibility index (Phi) is 6.72. The van der Waals surface area contributed by atoms with Gasteiger partial charge in [0.25, 0.3) is 11.5 Å². The fourth-order valence-corrected chi connectivity index (χ4v) is 4.51. The Labute approximate surface area is 200 Å². The number of nitriles is 1. The first kappa shape index (κ1) is 22.8. The van der Waals surface area contributed by atoms with E-state index in [2.05, 4.69) is 5.32 Å². The fraction of sp³-hybridized carbons (Fsp3) is 0.0741. The van der Waals surface area contributed by atoms with E-state index in [9.17, 15) is 14.9 Å². The second kappa shape index (κ2) is 10.0. The molecular formula is C27H21N3O3S. The summed E-state index contributed by atoms with van der Waals surface area (Å²) in [7, 11) is 1.59. The summed E-state index contributed by atoms with van der Waals surface area (Å²) in [6.07, 6.45) is 1.74. The van der Waals surface area contributed by atoms with Crippen LogP contribution in [0.15, 0.2) is 83.7 Å². The number of methoxy groups -OCH3 is 1. The third-order valence-electron chi connectivity index (χ3n) is 5.20. The number of carbonyl (C=O) groups is 1. The van der Waals surface area contributed by atoms with E-state index in [1.54, 1.807) is 55.7 Å². The summed E-state index contributed by atoms with van der Waals surface area (Å²) in [6.45, 7) is 1.87. The monoisotopic (exact) mass is 467 g/mol. The largest absolute Gasteiger partial charge is 0.497 e. The minimum atomic E-state index is -0.571. The Bertz CT molecular complexity index is 1560. The molecule has 4 aromatic rings. The van der Waals surface area contributed by atoms with E-state index >= 15 is 0 Å². The zero-order valence-electron chi connectivity index (χ0n) is 18.6. The SMILES string of the molecule is COc1ccc(/C=c2/s/c(=C(\C#N)C(=O)Nc3ccccc3C)n(-c3ccccc3)c2=O)cc1. The van der Waals surface area contributed by atoms with Crippen LogP contribution in [0.3, 0.4) is 0 Å². The molecule has 6 nitrogen and oxygen atoms in total. The molecular weight excluding hydrogens is 446 g/mol. The minimum absolute atomic E-state index is 0.136. The van der Waals surface area contributed by atoms with Crippen molar-refractivity contribution in [2.75, 3.05) is 12.4 Å². The van der Waals surface area contributed by atoms with Gasteiger partial charge in [0.15, 0.2) is 5.57 Å². The molecule has 0 fully saturated rings. The molecule has 1 N–H and O–H groups in total. The van der Waals surface area contributed by atoms with E-state index in [1.165, 1.54) is 4.57 Å². The summed E-state index contributed by atoms with van der Waals surface area (Å²) in [5.74, 6) is 0.137. The highest BCUT2D eigenvalue weighted by Gasteiger charge is 2.17. The van der Waals surface area contributed by atoms with Crippen molar-refractivity contribution in [2.45, 2.75) is 6.92 Å². The quantitative estimate of drug-likeness (QED) is 0.488. The number of anilines is 1. The smallest absolute Gasteiger partial charge is 0.273 e. The van der Waals surface area contributed by atoms with Gasteiger partial charge >= 0.3 is 0 Å². The van der Waals surface area contributed by atoms with Crippen molar-refractivity contribution in [3.63, 3.8) is 0 Å². The van der Waals surface area contributed by atoms with Crippen LogP contribution in [0.1, 0.15) is 11.1 Å². The Balaban J connectivity index is 1.93. The number of nitrogens with one attached hydrogen (secondary N) is 1. The molecule has 0 saturated heterocycles. The fourth-order valence-electron chi connectivity index (χ4n) is 3.41. The second-order valence-corrected chi connectivity index (χ2v) is 8.45. The van der Waals surface area contributed by atoms with E-state index in [-0.39, 0.29) is 15.8 Å². The number of carbonyl (C=O) groups excluding carboxylic acids is 1. The number of nitrogens with zero attached hydrogens (tertiary/aromatic N) is 2. The Morgan fingerprint density at radius 2 is 1.71 bits per heavy atom. The number of aromatic nitrogens is 1. The number of thiazole rings is 1. The van der Waals surface area contributed by atoms with Crippen LogP contribution < -0.4 is 24.8 Å². The van der Waals surface area contributed by atoms with E-state index in [0.29, 0.717) is 21.7 Å². The lowest BCUT2D eigenvalue weighted by atomic mass is 10.2. The van der Waals surface area contributed by atoms with Gasteiger partial charge in [-0.2, -0.15) is 5.26 Å². The molecule has 34 heavy (non-hydrogen) atoms. The van der Waals surface area contributed by atoms with Gasteiger partial charge < -0.3 is 10.1 Å². The molecule has 168 valence electrons. The molecule has 1 heterocycles. The van der Waals surface area contributed by atoms with Crippen molar-refractivity contribution in [2.24, 2.45) is 0 Å². The molecule has 0 atom stereocenters. The number of aryl methyl sites for hydroxylation is 1. The van der Waals surface area contributed by atoms with Gasteiger partial charge in [-0.1, -0.05) is 48.5 Å². The average molecular weight is 468 g/mol. The molecule has 7 heteroatoms. The zero-order chi connectivity index (χ0) is 24.1. The average Bonchev–Trinajstić information content (AvgIpc) is 3.17. The van der Waals surface area contributed by atoms with Gasteiger partial charge in [0.05, 0.1) is 17.3 Å². The lowest BCUT2D eigenvalue weighted by Gasteiger charge is -2.08. The predicted molar refractivity (Wildman–Crippen MR) is 135 cm³/mol. The first-order valence-corrected chi connectivity index (χ1v) is 11.3. The van der Waals surface area contributed by atoms with Gasteiger partial charge in [-0.15, -0.1) is 11.3 Å². The van der Waals surface area contributed by atoms with Crippen LogP contribution in [0.2, 0.25) is 0 Å². The Hall–Kier alpha value is -4.41. The maximum Gasteiger partial charge on any atom is 0.273 e. The molecule has 0 aliphatic carbocycles. The lowest BCUT2D eigenvalue weighted by molar-refractivity contribution is -0.111. The summed E-state index contributed by atoms with van der Waals surface area (Å²) in [5, 5.41) is 12.7. The molecule has 0 unspecified atom stereocenters. The maximum atomic E-state index is 13.4. The number of benzene rings is 3. The summed E-state index contributed by atoms with van der Waals surface area (Å²) < 4.78 is 7.28. The van der Waals surface area contributed by atoms with Crippen molar-refractivity contribution in [3.8, 4) is 17.5 Å². The van der Waals surface area contributed by atoms with Gasteiger partial charge in [0.1, 0.15) is 16.5 Å². The van der Waals surface area contributed by atoms with Crippen LogP contribution in [0.4, 0.5) is 5.69 Å². The van der Waals surface area contributed by atoms with Gasteiger partial charge in [-0.25, -0.2) is 0 Å². The molecule has 0 saturated carbocycles. The Morgan fingerprint density at radius 3 is 2.35 bits per heavy atom. The third kappa shape index (κ3) is 4.68. The summed E-state index contributed by atoms with van der Waals surface area (Å²) in [5.41, 5.74) is 2.41. The highest BCUT2D eigenvalue weighted by molar-refractivity contribution is 7.07. The molecule has 4 rings (SSSR count). The standard InChI is InChI=1S/C27H21N3O3S/c1-18-8-6-7-11-23(18)29-25(31)22(17-28)27-30(20-9-4-3-5-10-20)26(32)24(34-27)16-19-12-14-21(33-2)15-13-19/h3-16H,1-2H3,(H,29,31)/b24-16+,27-22+. The lowest BCUT2D eigenvalue weighted by Crippen LogP contribution is -2.32. The molecule has 3 aromatic carbocycles. The predicted octanol–water partition coefficient (Wildman–Crippen LogP) is 3.36. The van der Waals surface area contributed by atoms with Gasteiger partial charge in [0.2, 0.25) is 0 Å². The van der Waals surface area contributed by atoms with Crippen LogP contribution in [0, 0.1) is 18.3 Å². The van der Waals surface area contributed by atoms with E-state index < -0.39 is 5.91 Å². The molecule has 0 aliphatic rings. The summed E-state index contributed by atoms with van der Waals surface area (Å²) in [4.78, 5) is 26.6. The Morgan fingerprint density at radius 1 is 1.03 bits per heavy atom. The number of rotatable bonds is 5. The van der Waals surface area contributed by atoms with Crippen molar-refractivity contribution in [3.05, 3.63) is 110 Å². The first-order chi connectivity index (χ1) is 16.5. The minimum Gasteiger partial charge on any atom is -0.497 e. The highest BCUT2D eigenvalue weighted by atomic mass is 32.1. The van der Waals surface area contributed by atoms with Crippen LogP contribution in [-0.4, -0.2) is 17.6 Å². The second-order valence-electron chi connectivity index (χ2n) is 7.42. The van der Waals surface area contributed by atoms with Crippen molar-refractivity contribution in [1.29, 1.82) is 5.26 Å². The number of amides is 1. The number of para-hydroxylation sites is 2. The van der Waals surface area contributed by atoms with E-state index in [0.717, 1.165) is 22.5 Å². The van der Waals surface area contributed by atoms with Crippen LogP contribution in [0.25, 0.3) is 17.3 Å². The third-order valence-corrected chi connectivity index (χ3v) is 6.29. The topological polar surface area (TPSA) is 84.1 Å². The first-order valence-electron chi connectivity index (χ1n) is 10.5. The van der Waals surface area contributed by atoms with Crippen LogP contribution in [-0.2, 0) is 4.79 Å². The number of ether oxygens (including phenoxy) is 1. The molecule has 1 amide bonds. The maximum absolute atomic E-state index is 13.4. The molecule has 0 radical (unpaired) electrons. The molecule has 0 spiro atoms. The zero-order valence-corrected chi connectivity index (χ0v) is 19.4. The molecule has 0 bridgehead atoms. The molecule has 1 aromatic heterocycles. The van der Waals surface area contributed by atoms with Crippen molar-refractivity contribution < 1.29 is 9.53 Å². The van der Waals surface area contributed by atoms with Crippen LogP contribution in [0.5, 0.6) is 5.75 Å². The van der Waals surface area contributed by atoms with Crippen molar-refractivity contribution in [1.82, 2.24) is 4.57 Å². The van der Waals surface area contributed by atoms with Crippen molar-refractivity contribution >= 4 is 34.6 Å². The highest BCUT2D eigenvalue weighted by Crippen LogP contribution is 2.15. The van der Waals surface area contributed by atoms with Crippen LogP contribution >= 0.6 is 11.3 Å². The summed E-state index contributed by atoms with van der Waals surface area (Å²) >= 11 is 1.10. The number of hydrogen-bond donors (Lipinski definition) is 1. The van der Waals surface area contributed by atoms with Gasteiger partial charge in [0, 0.05) is 5.69 Å². The van der Waals surface area contributed by atoms with Gasteiger partial charge in [-0.3, -0.25) is 14.2 Å².